The van der Waals surface area contributed by atoms with Gasteiger partial charge in [-0.15, -0.1) is 0 Å². The van der Waals surface area contributed by atoms with Crippen molar-refractivity contribution in [1.82, 2.24) is 4.98 Å². The lowest BCUT2D eigenvalue weighted by molar-refractivity contribution is 1.31. The highest BCUT2D eigenvalue weighted by atomic mass is 79.9. The van der Waals surface area contributed by atoms with Crippen LogP contribution in [0.4, 0.5) is 11.5 Å². The number of aromatic nitrogens is 1. The molecule has 134 valence electrons. The van der Waals surface area contributed by atoms with Gasteiger partial charge in [-0.05, 0) is 44.4 Å². The van der Waals surface area contributed by atoms with Crippen LogP contribution in [0.25, 0.3) is 32.7 Å². The quantitative estimate of drug-likeness (QED) is 0.302. The van der Waals surface area contributed by atoms with E-state index in [4.69, 9.17) is 0 Å². The summed E-state index contributed by atoms with van der Waals surface area (Å²) in [7, 11) is 0. The number of halogens is 1. The zero-order valence-corrected chi connectivity index (χ0v) is 16.6. The molecule has 0 aliphatic carbocycles. The fraction of sp³-hybridized carbons (Fsp3) is 0. The molecule has 0 unspecified atom stereocenters. The first-order valence-corrected chi connectivity index (χ1v) is 9.98. The summed E-state index contributed by atoms with van der Waals surface area (Å²) in [5.74, 6) is 0.853. The van der Waals surface area contributed by atoms with Gasteiger partial charge < -0.3 is 5.32 Å². The fourth-order valence-electron chi connectivity index (χ4n) is 3.68. The van der Waals surface area contributed by atoms with Crippen molar-refractivity contribution in [2.75, 3.05) is 5.32 Å². The Kier molecular flexibility index (Phi) is 4.30. The van der Waals surface area contributed by atoms with Crippen molar-refractivity contribution in [2.24, 2.45) is 0 Å². The summed E-state index contributed by atoms with van der Waals surface area (Å²) in [6.45, 7) is 0. The van der Waals surface area contributed by atoms with E-state index in [2.05, 4.69) is 105 Å². The zero-order chi connectivity index (χ0) is 18.9. The van der Waals surface area contributed by atoms with Crippen LogP contribution in [-0.2, 0) is 0 Å². The minimum Gasteiger partial charge on any atom is -0.339 e. The normalized spacial score (nSPS) is 11.0. The van der Waals surface area contributed by atoms with E-state index in [9.17, 15) is 0 Å². The molecule has 0 atom stereocenters. The Balaban J connectivity index is 1.77. The van der Waals surface area contributed by atoms with Gasteiger partial charge in [0.15, 0.2) is 0 Å². The summed E-state index contributed by atoms with van der Waals surface area (Å²) in [5.41, 5.74) is 3.30. The predicted molar refractivity (Wildman–Crippen MR) is 122 cm³/mol. The number of anilines is 2. The van der Waals surface area contributed by atoms with Crippen molar-refractivity contribution >= 4 is 49.0 Å². The van der Waals surface area contributed by atoms with E-state index in [0.717, 1.165) is 37.9 Å². The van der Waals surface area contributed by atoms with Gasteiger partial charge in [-0.2, -0.15) is 0 Å². The first-order chi connectivity index (χ1) is 13.8. The van der Waals surface area contributed by atoms with Gasteiger partial charge in [0.1, 0.15) is 5.82 Å². The highest BCUT2D eigenvalue weighted by Gasteiger charge is 2.14. The van der Waals surface area contributed by atoms with Gasteiger partial charge in [-0.1, -0.05) is 78.9 Å². The molecule has 0 fully saturated rings. The van der Waals surface area contributed by atoms with Gasteiger partial charge in [0, 0.05) is 27.0 Å². The summed E-state index contributed by atoms with van der Waals surface area (Å²) >= 11 is 3.81. The van der Waals surface area contributed by atoms with E-state index in [1.54, 1.807) is 0 Å². The van der Waals surface area contributed by atoms with E-state index in [1.807, 2.05) is 18.3 Å². The molecular weight excluding hydrogens is 408 g/mol. The molecule has 4 aromatic carbocycles. The average molecular weight is 425 g/mol. The Hall–Kier alpha value is -3.17. The third kappa shape index (κ3) is 2.85. The largest absolute Gasteiger partial charge is 0.339 e. The van der Waals surface area contributed by atoms with Crippen LogP contribution in [0, 0.1) is 0 Å². The highest BCUT2D eigenvalue weighted by molar-refractivity contribution is 9.10. The van der Waals surface area contributed by atoms with Crippen LogP contribution >= 0.6 is 15.9 Å². The lowest BCUT2D eigenvalue weighted by Crippen LogP contribution is -1.98. The van der Waals surface area contributed by atoms with Gasteiger partial charge in [-0.3, -0.25) is 0 Å². The minimum absolute atomic E-state index is 0.853. The summed E-state index contributed by atoms with van der Waals surface area (Å²) in [6.07, 6.45) is 1.83. The molecule has 5 rings (SSSR count). The SMILES string of the molecule is Brc1c2ccccc2c(Nc2ncccc2-c2ccccc2)c2ccccc12. The monoisotopic (exact) mass is 424 g/mol. The third-order valence-corrected chi connectivity index (χ3v) is 5.86. The number of nitrogens with zero attached hydrogens (tertiary/aromatic N) is 1. The molecule has 28 heavy (non-hydrogen) atoms. The number of benzene rings is 4. The highest BCUT2D eigenvalue weighted by Crippen LogP contribution is 2.41. The maximum Gasteiger partial charge on any atom is 0.138 e. The number of nitrogens with one attached hydrogen (secondary N) is 1. The molecule has 1 heterocycles. The zero-order valence-electron chi connectivity index (χ0n) is 15.1. The number of hydrogen-bond acceptors (Lipinski definition) is 2. The van der Waals surface area contributed by atoms with E-state index in [1.165, 1.54) is 10.8 Å². The molecule has 0 bridgehead atoms. The molecule has 2 nitrogen and oxygen atoms in total. The Morgan fingerprint density at radius 3 is 1.82 bits per heavy atom. The van der Waals surface area contributed by atoms with Crippen molar-refractivity contribution < 1.29 is 0 Å². The molecule has 5 aromatic rings. The second-order valence-corrected chi connectivity index (χ2v) is 7.46. The molecule has 1 aromatic heterocycles. The van der Waals surface area contributed by atoms with Crippen molar-refractivity contribution in [1.29, 1.82) is 0 Å². The Labute approximate surface area is 172 Å². The van der Waals surface area contributed by atoms with E-state index >= 15 is 0 Å². The van der Waals surface area contributed by atoms with E-state index in [0.29, 0.717) is 0 Å². The molecule has 0 aliphatic heterocycles. The molecule has 0 saturated heterocycles. The van der Waals surface area contributed by atoms with Crippen LogP contribution in [0.3, 0.4) is 0 Å². The van der Waals surface area contributed by atoms with Crippen molar-refractivity contribution in [3.8, 4) is 11.1 Å². The summed E-state index contributed by atoms with van der Waals surface area (Å²) in [6, 6.07) is 31.3. The van der Waals surface area contributed by atoms with Crippen LogP contribution in [0.2, 0.25) is 0 Å². The van der Waals surface area contributed by atoms with Gasteiger partial charge in [0.05, 0.1) is 5.69 Å². The molecule has 0 radical (unpaired) electrons. The molecule has 0 spiro atoms. The van der Waals surface area contributed by atoms with Crippen LogP contribution in [-0.4, -0.2) is 4.98 Å². The topological polar surface area (TPSA) is 24.9 Å². The molecule has 0 aliphatic rings. The smallest absolute Gasteiger partial charge is 0.138 e. The summed E-state index contributed by atoms with van der Waals surface area (Å²) in [5, 5.41) is 8.34. The maximum absolute atomic E-state index is 4.66. The van der Waals surface area contributed by atoms with Gasteiger partial charge in [0.25, 0.3) is 0 Å². The fourth-order valence-corrected chi connectivity index (χ4v) is 4.38. The van der Waals surface area contributed by atoms with Gasteiger partial charge in [0.2, 0.25) is 0 Å². The number of hydrogen-bond donors (Lipinski definition) is 1. The van der Waals surface area contributed by atoms with Crippen LogP contribution in [0.15, 0.2) is 102 Å². The number of rotatable bonds is 3. The van der Waals surface area contributed by atoms with Gasteiger partial charge in [-0.25, -0.2) is 4.98 Å². The molecule has 0 amide bonds. The van der Waals surface area contributed by atoms with Crippen LogP contribution < -0.4 is 5.32 Å². The van der Waals surface area contributed by atoms with Crippen molar-refractivity contribution in [3.05, 3.63) is 102 Å². The summed E-state index contributed by atoms with van der Waals surface area (Å²) < 4.78 is 1.12. The van der Waals surface area contributed by atoms with Crippen LogP contribution in [0.1, 0.15) is 0 Å². The summed E-state index contributed by atoms with van der Waals surface area (Å²) in [4.78, 5) is 4.66. The molecular formula is C25H17BrN2. The van der Waals surface area contributed by atoms with Gasteiger partial charge >= 0.3 is 0 Å². The first-order valence-electron chi connectivity index (χ1n) is 9.19. The number of pyridine rings is 1. The van der Waals surface area contributed by atoms with Crippen LogP contribution in [0.5, 0.6) is 0 Å². The Morgan fingerprint density at radius 2 is 1.18 bits per heavy atom. The predicted octanol–water partition coefficient (Wildman–Crippen LogP) is 7.56. The minimum atomic E-state index is 0.853. The van der Waals surface area contributed by atoms with Crippen molar-refractivity contribution in [3.63, 3.8) is 0 Å². The lowest BCUT2D eigenvalue weighted by atomic mass is 10.00. The third-order valence-electron chi connectivity index (χ3n) is 5.00. The van der Waals surface area contributed by atoms with Crippen molar-refractivity contribution in [2.45, 2.75) is 0 Å². The average Bonchev–Trinajstić information content (AvgIpc) is 2.77. The number of fused-ring (bicyclic) bond motifs is 2. The second kappa shape index (κ2) is 7.10. The molecule has 0 saturated carbocycles. The van der Waals surface area contributed by atoms with E-state index in [-0.39, 0.29) is 0 Å². The molecule has 1 N–H and O–H groups in total. The second-order valence-electron chi connectivity index (χ2n) is 6.67. The Bertz CT molecular complexity index is 1240. The molecule has 3 heteroatoms. The van der Waals surface area contributed by atoms with E-state index < -0.39 is 0 Å². The first kappa shape index (κ1) is 17.0. The standard InChI is InChI=1S/C25H17BrN2/c26-23-19-11-4-6-13-21(19)24(22-14-7-5-12-20(22)23)28-25-18(15-8-16-27-25)17-9-2-1-3-10-17/h1-16H,(H,27,28). The lowest BCUT2D eigenvalue weighted by Gasteiger charge is -2.17. The maximum atomic E-state index is 4.66. The Morgan fingerprint density at radius 1 is 0.607 bits per heavy atom.